The average molecular weight is 371 g/mol. The van der Waals surface area contributed by atoms with Crippen LogP contribution in [0.15, 0.2) is 30.7 Å². The second-order valence-electron chi connectivity index (χ2n) is 6.80. The molecule has 1 atom stereocenters. The monoisotopic (exact) mass is 371 g/mol. The molecule has 142 valence electrons. The minimum Gasteiger partial charge on any atom is -0.443 e. The number of halogens is 3. The van der Waals surface area contributed by atoms with Gasteiger partial charge in [0.2, 0.25) is 0 Å². The summed E-state index contributed by atoms with van der Waals surface area (Å²) in [5.74, 6) is -0.532. The van der Waals surface area contributed by atoms with Gasteiger partial charge in [0.05, 0.1) is 5.69 Å². The van der Waals surface area contributed by atoms with Crippen molar-refractivity contribution in [1.29, 1.82) is 0 Å². The molecular formula is C17H20F3N3O3. The molecule has 0 radical (unpaired) electrons. The van der Waals surface area contributed by atoms with E-state index in [0.29, 0.717) is 4.57 Å². The maximum atomic E-state index is 12.8. The van der Waals surface area contributed by atoms with Crippen molar-refractivity contribution in [3.05, 3.63) is 47.8 Å². The van der Waals surface area contributed by atoms with E-state index >= 15 is 0 Å². The lowest BCUT2D eigenvalue weighted by molar-refractivity contribution is -0.128. The molecule has 0 fully saturated rings. The van der Waals surface area contributed by atoms with Crippen LogP contribution in [-0.2, 0) is 17.6 Å². The summed E-state index contributed by atoms with van der Waals surface area (Å²) in [6.07, 6.45) is -3.83. The molecule has 0 aliphatic carbocycles. The van der Waals surface area contributed by atoms with Gasteiger partial charge in [-0.05, 0) is 38.5 Å². The first kappa shape index (κ1) is 19.9. The van der Waals surface area contributed by atoms with Gasteiger partial charge < -0.3 is 9.84 Å². The first-order valence-electron chi connectivity index (χ1n) is 7.90. The summed E-state index contributed by atoms with van der Waals surface area (Å²) >= 11 is 0. The van der Waals surface area contributed by atoms with Gasteiger partial charge in [-0.15, -0.1) is 0 Å². The molecule has 0 saturated carbocycles. The Bertz CT molecular complexity index is 752. The van der Waals surface area contributed by atoms with Crippen LogP contribution >= 0.6 is 0 Å². The first-order chi connectivity index (χ1) is 11.9. The summed E-state index contributed by atoms with van der Waals surface area (Å²) in [6, 6.07) is 3.34. The van der Waals surface area contributed by atoms with Gasteiger partial charge in [0.25, 0.3) is 0 Å². The van der Waals surface area contributed by atoms with E-state index in [4.69, 9.17) is 4.74 Å². The quantitative estimate of drug-likeness (QED) is 0.891. The molecule has 0 aliphatic rings. The summed E-state index contributed by atoms with van der Waals surface area (Å²) in [4.78, 5) is 19.9. The minimum atomic E-state index is -4.56. The van der Waals surface area contributed by atoms with Crippen LogP contribution in [0.3, 0.4) is 0 Å². The van der Waals surface area contributed by atoms with Crippen molar-refractivity contribution in [2.45, 2.75) is 51.5 Å². The van der Waals surface area contributed by atoms with Crippen LogP contribution in [-0.4, -0.2) is 37.5 Å². The van der Waals surface area contributed by atoms with Crippen LogP contribution in [0.2, 0.25) is 0 Å². The molecule has 0 aromatic carbocycles. The highest BCUT2D eigenvalue weighted by Crippen LogP contribution is 2.24. The molecule has 2 heterocycles. The molecule has 1 N–H and O–H groups in total. The van der Waals surface area contributed by atoms with Crippen molar-refractivity contribution < 1.29 is 27.8 Å². The van der Waals surface area contributed by atoms with E-state index in [1.54, 1.807) is 32.9 Å². The third-order valence-electron chi connectivity index (χ3n) is 3.27. The molecule has 0 amide bonds. The largest absolute Gasteiger partial charge is 0.443 e. The number of carbonyl (C=O) groups is 1. The van der Waals surface area contributed by atoms with Gasteiger partial charge in [0.15, 0.2) is 0 Å². The number of rotatable bonds is 4. The fourth-order valence-corrected chi connectivity index (χ4v) is 2.22. The maximum Gasteiger partial charge on any atom is 0.420 e. The van der Waals surface area contributed by atoms with Gasteiger partial charge in [0.1, 0.15) is 24.0 Å². The lowest BCUT2D eigenvalue weighted by Crippen LogP contribution is -2.29. The summed E-state index contributed by atoms with van der Waals surface area (Å²) in [6.45, 7) is 4.80. The Hall–Kier alpha value is -2.42. The molecule has 26 heavy (non-hydrogen) atoms. The van der Waals surface area contributed by atoms with Crippen molar-refractivity contribution in [3.63, 3.8) is 0 Å². The summed E-state index contributed by atoms with van der Waals surface area (Å²) < 4.78 is 44.2. The fourth-order valence-electron chi connectivity index (χ4n) is 2.22. The Labute approximate surface area is 148 Å². The Morgan fingerprint density at radius 2 is 1.88 bits per heavy atom. The number of hydrogen-bond donors (Lipinski definition) is 1. The van der Waals surface area contributed by atoms with Gasteiger partial charge in [-0.1, -0.05) is 0 Å². The molecule has 1 unspecified atom stereocenters. The van der Waals surface area contributed by atoms with Crippen molar-refractivity contribution in [3.8, 4) is 0 Å². The Kier molecular flexibility index (Phi) is 5.70. The van der Waals surface area contributed by atoms with Crippen LogP contribution < -0.4 is 0 Å². The zero-order valence-electron chi connectivity index (χ0n) is 14.6. The van der Waals surface area contributed by atoms with Crippen molar-refractivity contribution >= 4 is 6.09 Å². The molecular weight excluding hydrogens is 351 g/mol. The number of imidazole rings is 1. The topological polar surface area (TPSA) is 77.2 Å². The van der Waals surface area contributed by atoms with E-state index in [9.17, 15) is 23.1 Å². The zero-order chi connectivity index (χ0) is 19.5. The van der Waals surface area contributed by atoms with Gasteiger partial charge in [-0.3, -0.25) is 4.98 Å². The van der Waals surface area contributed by atoms with E-state index in [1.165, 1.54) is 12.4 Å². The van der Waals surface area contributed by atoms with Crippen LogP contribution in [0.4, 0.5) is 18.0 Å². The molecule has 0 aliphatic heterocycles. The zero-order valence-corrected chi connectivity index (χ0v) is 14.6. The predicted molar refractivity (Wildman–Crippen MR) is 86.5 cm³/mol. The molecule has 6 nitrogen and oxygen atoms in total. The number of ether oxygens (including phenoxy) is 1. The third-order valence-corrected chi connectivity index (χ3v) is 3.27. The molecule has 0 spiro atoms. The standard InChI is InChI=1S/C17H20F3N3O3/c1-16(2,3)26-15(25)23-10-12(22-14(23)9-17(18,19)20)13(24)8-11-4-6-21-7-5-11/h4-7,10,13,24H,8-9H2,1-3H3. The molecule has 9 heteroatoms. The molecule has 2 aromatic rings. The normalized spacial score (nSPS) is 13.5. The van der Waals surface area contributed by atoms with Gasteiger partial charge >= 0.3 is 12.3 Å². The second kappa shape index (κ2) is 7.45. The highest BCUT2D eigenvalue weighted by Gasteiger charge is 2.33. The third kappa shape index (κ3) is 5.83. The van der Waals surface area contributed by atoms with E-state index < -0.39 is 36.2 Å². The van der Waals surface area contributed by atoms with E-state index in [2.05, 4.69) is 9.97 Å². The SMILES string of the molecule is CC(C)(C)OC(=O)n1cc(C(O)Cc2ccncc2)nc1CC(F)(F)F. The van der Waals surface area contributed by atoms with E-state index in [1.807, 2.05) is 0 Å². The summed E-state index contributed by atoms with van der Waals surface area (Å²) in [5.41, 5.74) is -0.184. The van der Waals surface area contributed by atoms with Crippen molar-refractivity contribution in [2.24, 2.45) is 0 Å². The number of hydrogen-bond acceptors (Lipinski definition) is 5. The number of nitrogens with zero attached hydrogens (tertiary/aromatic N) is 3. The second-order valence-corrected chi connectivity index (χ2v) is 6.80. The lowest BCUT2D eigenvalue weighted by atomic mass is 10.1. The minimum absolute atomic E-state index is 0.0353. The Balaban J connectivity index is 2.30. The summed E-state index contributed by atoms with van der Waals surface area (Å²) in [5, 5.41) is 10.3. The van der Waals surface area contributed by atoms with Crippen LogP contribution in [0, 0.1) is 0 Å². The number of aromatic nitrogens is 3. The number of aliphatic hydroxyl groups excluding tert-OH is 1. The molecule has 0 saturated heterocycles. The van der Waals surface area contributed by atoms with Gasteiger partial charge in [0, 0.05) is 25.0 Å². The molecule has 0 bridgehead atoms. The first-order valence-corrected chi connectivity index (χ1v) is 7.90. The highest BCUT2D eigenvalue weighted by atomic mass is 19.4. The predicted octanol–water partition coefficient (Wildman–Crippen LogP) is 3.44. The average Bonchev–Trinajstić information content (AvgIpc) is 2.88. The lowest BCUT2D eigenvalue weighted by Gasteiger charge is -2.20. The number of alkyl halides is 3. The van der Waals surface area contributed by atoms with Crippen LogP contribution in [0.25, 0.3) is 0 Å². The number of aliphatic hydroxyl groups is 1. The number of pyridine rings is 1. The fraction of sp³-hybridized carbons (Fsp3) is 0.471. The Morgan fingerprint density at radius 1 is 1.27 bits per heavy atom. The Morgan fingerprint density at radius 3 is 2.42 bits per heavy atom. The van der Waals surface area contributed by atoms with Crippen molar-refractivity contribution in [1.82, 2.24) is 14.5 Å². The smallest absolute Gasteiger partial charge is 0.420 e. The van der Waals surface area contributed by atoms with Crippen LogP contribution in [0.1, 0.15) is 44.0 Å². The van der Waals surface area contributed by atoms with E-state index in [0.717, 1.165) is 11.8 Å². The summed E-state index contributed by atoms with van der Waals surface area (Å²) in [7, 11) is 0. The molecule has 2 rings (SSSR count). The van der Waals surface area contributed by atoms with Gasteiger partial charge in [-0.2, -0.15) is 13.2 Å². The maximum absolute atomic E-state index is 12.8. The van der Waals surface area contributed by atoms with Crippen molar-refractivity contribution in [2.75, 3.05) is 0 Å². The van der Waals surface area contributed by atoms with Crippen LogP contribution in [0.5, 0.6) is 0 Å². The number of carbonyl (C=O) groups excluding carboxylic acids is 1. The van der Waals surface area contributed by atoms with E-state index in [-0.39, 0.29) is 12.1 Å². The van der Waals surface area contributed by atoms with Gasteiger partial charge in [-0.25, -0.2) is 14.3 Å². The molecule has 2 aromatic heterocycles. The highest BCUT2D eigenvalue weighted by molar-refractivity contribution is 5.71.